The predicted octanol–water partition coefficient (Wildman–Crippen LogP) is 1.91. The molecule has 6 heteroatoms. The molecule has 5 nitrogen and oxygen atoms in total. The number of carboxylic acids is 1. The Morgan fingerprint density at radius 1 is 1.42 bits per heavy atom. The molecular formula is C18H29N3O2S. The van der Waals surface area contributed by atoms with Crippen molar-refractivity contribution in [2.75, 3.05) is 53.4 Å². The monoisotopic (exact) mass is 351 g/mol. The summed E-state index contributed by atoms with van der Waals surface area (Å²) >= 11 is 1.79. The van der Waals surface area contributed by atoms with Crippen molar-refractivity contribution >= 4 is 17.3 Å². The van der Waals surface area contributed by atoms with Crippen LogP contribution >= 0.6 is 11.3 Å². The van der Waals surface area contributed by atoms with Crippen molar-refractivity contribution in [3.8, 4) is 0 Å². The summed E-state index contributed by atoms with van der Waals surface area (Å²) in [5, 5.41) is 12.1. The summed E-state index contributed by atoms with van der Waals surface area (Å²) in [7, 11) is 4.15. The largest absolute Gasteiger partial charge is 0.481 e. The first-order valence-corrected chi connectivity index (χ1v) is 9.73. The summed E-state index contributed by atoms with van der Waals surface area (Å²) in [6.07, 6.45) is 1.79. The van der Waals surface area contributed by atoms with Gasteiger partial charge in [0, 0.05) is 50.1 Å². The second kappa shape index (κ2) is 7.52. The summed E-state index contributed by atoms with van der Waals surface area (Å²) in [4.78, 5) is 20.5. The number of fused-ring (bicyclic) bond motifs is 1. The third-order valence-electron chi connectivity index (χ3n) is 5.59. The first kappa shape index (κ1) is 17.9. The summed E-state index contributed by atoms with van der Waals surface area (Å²) in [6.45, 7) is 6.46. The molecule has 0 radical (unpaired) electrons. The van der Waals surface area contributed by atoms with Crippen LogP contribution in [0, 0.1) is 11.3 Å². The molecule has 0 amide bonds. The second-order valence-corrected chi connectivity index (χ2v) is 8.65. The van der Waals surface area contributed by atoms with E-state index in [4.69, 9.17) is 0 Å². The number of hydrogen-bond donors (Lipinski definition) is 1. The average Bonchev–Trinajstić information content (AvgIpc) is 3.11. The molecule has 134 valence electrons. The molecule has 2 saturated heterocycles. The first-order valence-electron chi connectivity index (χ1n) is 8.85. The molecule has 3 heterocycles. The number of rotatable bonds is 6. The zero-order valence-electron chi connectivity index (χ0n) is 14.8. The van der Waals surface area contributed by atoms with Crippen molar-refractivity contribution in [1.29, 1.82) is 0 Å². The predicted molar refractivity (Wildman–Crippen MR) is 97.4 cm³/mol. The van der Waals surface area contributed by atoms with E-state index in [1.165, 1.54) is 4.88 Å². The van der Waals surface area contributed by atoms with Crippen molar-refractivity contribution < 1.29 is 9.90 Å². The van der Waals surface area contributed by atoms with Gasteiger partial charge in [-0.1, -0.05) is 6.07 Å². The van der Waals surface area contributed by atoms with E-state index in [1.54, 1.807) is 11.3 Å². The summed E-state index contributed by atoms with van der Waals surface area (Å²) in [5.74, 6) is -0.350. The van der Waals surface area contributed by atoms with Crippen molar-refractivity contribution in [2.24, 2.45) is 11.3 Å². The highest BCUT2D eigenvalue weighted by Gasteiger charge is 2.53. The zero-order chi connectivity index (χ0) is 17.2. The van der Waals surface area contributed by atoms with Gasteiger partial charge in [0.05, 0.1) is 5.41 Å². The van der Waals surface area contributed by atoms with E-state index in [0.29, 0.717) is 6.54 Å². The van der Waals surface area contributed by atoms with Crippen LogP contribution in [0.5, 0.6) is 0 Å². The van der Waals surface area contributed by atoms with Crippen molar-refractivity contribution in [3.05, 3.63) is 22.4 Å². The summed E-state index contributed by atoms with van der Waals surface area (Å²) in [5.41, 5.74) is -0.545. The number of carboxylic acid groups (broad SMARTS) is 1. The van der Waals surface area contributed by atoms with Gasteiger partial charge in [-0.15, -0.1) is 11.3 Å². The van der Waals surface area contributed by atoms with Gasteiger partial charge in [0.2, 0.25) is 0 Å². The van der Waals surface area contributed by atoms with Gasteiger partial charge in [-0.05, 0) is 44.9 Å². The Morgan fingerprint density at radius 2 is 2.21 bits per heavy atom. The van der Waals surface area contributed by atoms with E-state index >= 15 is 0 Å². The molecule has 24 heavy (non-hydrogen) atoms. The van der Waals surface area contributed by atoms with Gasteiger partial charge in [-0.25, -0.2) is 0 Å². The third-order valence-corrected chi connectivity index (χ3v) is 6.45. The van der Waals surface area contributed by atoms with Crippen LogP contribution < -0.4 is 0 Å². The lowest BCUT2D eigenvalue weighted by Crippen LogP contribution is -2.41. The van der Waals surface area contributed by atoms with Gasteiger partial charge < -0.3 is 14.9 Å². The van der Waals surface area contributed by atoms with Crippen molar-refractivity contribution in [1.82, 2.24) is 14.7 Å². The Balaban J connectivity index is 1.70. The molecule has 0 aliphatic carbocycles. The Labute approximate surface area is 148 Å². The lowest BCUT2D eigenvalue weighted by Gasteiger charge is -2.29. The van der Waals surface area contributed by atoms with Crippen LogP contribution in [-0.2, 0) is 11.3 Å². The molecular weight excluding hydrogens is 322 g/mol. The molecule has 2 fully saturated rings. The van der Waals surface area contributed by atoms with E-state index in [9.17, 15) is 9.90 Å². The minimum Gasteiger partial charge on any atom is -0.481 e. The van der Waals surface area contributed by atoms with Crippen LogP contribution in [0.1, 0.15) is 17.7 Å². The number of carbonyl (C=O) groups is 1. The SMILES string of the molecule is CN(C)CCN1C[C@H]2CN(Cc3cccs3)CCC[C@@]2(C(=O)O)C1. The lowest BCUT2D eigenvalue weighted by molar-refractivity contribution is -0.151. The average molecular weight is 352 g/mol. The molecule has 1 aromatic rings. The minimum absolute atomic E-state index is 0.236. The van der Waals surface area contributed by atoms with Crippen LogP contribution in [-0.4, -0.2) is 79.1 Å². The number of aliphatic carboxylic acids is 1. The maximum atomic E-state index is 12.2. The highest BCUT2D eigenvalue weighted by molar-refractivity contribution is 7.09. The molecule has 1 N–H and O–H groups in total. The fourth-order valence-electron chi connectivity index (χ4n) is 4.24. The Hall–Kier alpha value is -0.950. The highest BCUT2D eigenvalue weighted by Crippen LogP contribution is 2.43. The maximum Gasteiger partial charge on any atom is 0.311 e. The standard InChI is InChI=1S/C18H29N3O2S/c1-19(2)8-9-21-12-15-11-20(13-16-5-3-10-24-16)7-4-6-18(15,14-21)17(22)23/h3,5,10,15H,4,6-9,11-14H2,1-2H3,(H,22,23)/t15-,18-/m1/s1. The number of likely N-dealkylation sites (tertiary alicyclic amines) is 2. The second-order valence-electron chi connectivity index (χ2n) is 7.61. The summed E-state index contributed by atoms with van der Waals surface area (Å²) in [6, 6.07) is 4.27. The quantitative estimate of drug-likeness (QED) is 0.848. The van der Waals surface area contributed by atoms with Crippen LogP contribution in [0.2, 0.25) is 0 Å². The number of thiophene rings is 1. The van der Waals surface area contributed by atoms with Crippen LogP contribution in [0.4, 0.5) is 0 Å². The molecule has 2 aliphatic heterocycles. The molecule has 3 rings (SSSR count). The zero-order valence-corrected chi connectivity index (χ0v) is 15.6. The molecule has 1 aromatic heterocycles. The van der Waals surface area contributed by atoms with Crippen LogP contribution in [0.25, 0.3) is 0 Å². The topological polar surface area (TPSA) is 47.0 Å². The molecule has 0 saturated carbocycles. The van der Waals surface area contributed by atoms with Crippen LogP contribution in [0.3, 0.4) is 0 Å². The van der Waals surface area contributed by atoms with Gasteiger partial charge >= 0.3 is 5.97 Å². The third kappa shape index (κ3) is 3.82. The number of nitrogens with zero attached hydrogens (tertiary/aromatic N) is 3. The Morgan fingerprint density at radius 3 is 2.88 bits per heavy atom. The molecule has 0 aromatic carbocycles. The van der Waals surface area contributed by atoms with Gasteiger partial charge in [0.25, 0.3) is 0 Å². The van der Waals surface area contributed by atoms with Gasteiger partial charge in [-0.3, -0.25) is 9.69 Å². The number of hydrogen-bond acceptors (Lipinski definition) is 5. The van der Waals surface area contributed by atoms with E-state index in [2.05, 4.69) is 46.3 Å². The fourth-order valence-corrected chi connectivity index (χ4v) is 4.99. The number of likely N-dealkylation sites (N-methyl/N-ethyl adjacent to an activating group) is 1. The van der Waals surface area contributed by atoms with Crippen LogP contribution in [0.15, 0.2) is 17.5 Å². The normalized spacial score (nSPS) is 28.9. The van der Waals surface area contributed by atoms with Gasteiger partial charge in [0.1, 0.15) is 0 Å². The maximum absolute atomic E-state index is 12.2. The summed E-state index contributed by atoms with van der Waals surface area (Å²) < 4.78 is 0. The smallest absolute Gasteiger partial charge is 0.311 e. The van der Waals surface area contributed by atoms with Crippen molar-refractivity contribution in [2.45, 2.75) is 19.4 Å². The van der Waals surface area contributed by atoms with E-state index < -0.39 is 11.4 Å². The molecule has 2 aliphatic rings. The molecule has 0 unspecified atom stereocenters. The minimum atomic E-state index is -0.585. The van der Waals surface area contributed by atoms with Gasteiger partial charge in [-0.2, -0.15) is 0 Å². The lowest BCUT2D eigenvalue weighted by atomic mass is 9.75. The van der Waals surface area contributed by atoms with E-state index in [-0.39, 0.29) is 5.92 Å². The van der Waals surface area contributed by atoms with Gasteiger partial charge in [0.15, 0.2) is 0 Å². The molecule has 2 atom stereocenters. The Kier molecular flexibility index (Phi) is 5.59. The fraction of sp³-hybridized carbons (Fsp3) is 0.722. The van der Waals surface area contributed by atoms with E-state index in [0.717, 1.165) is 52.1 Å². The highest BCUT2D eigenvalue weighted by atomic mass is 32.1. The van der Waals surface area contributed by atoms with Crippen molar-refractivity contribution in [3.63, 3.8) is 0 Å². The Bertz CT molecular complexity index is 548. The molecule has 0 bridgehead atoms. The molecule has 0 spiro atoms. The first-order chi connectivity index (χ1) is 11.5. The van der Waals surface area contributed by atoms with E-state index in [1.807, 2.05) is 0 Å².